The molecule has 0 aromatic heterocycles. The quantitative estimate of drug-likeness (QED) is 0.418. The summed E-state index contributed by atoms with van der Waals surface area (Å²) in [5.41, 5.74) is 6.93. The number of ether oxygens (including phenoxy) is 1. The highest BCUT2D eigenvalue weighted by molar-refractivity contribution is 5.10. The van der Waals surface area contributed by atoms with Crippen LogP contribution in [0.2, 0.25) is 0 Å². The van der Waals surface area contributed by atoms with E-state index in [1.807, 2.05) is 7.11 Å². The van der Waals surface area contributed by atoms with Gasteiger partial charge in [-0.25, -0.2) is 0 Å². The fourth-order valence-electron chi connectivity index (χ4n) is 9.64. The Bertz CT molecular complexity index is 662. The molecule has 32 heavy (non-hydrogen) atoms. The Morgan fingerprint density at radius 2 is 1.81 bits per heavy atom. The molecule has 9 atom stereocenters. The van der Waals surface area contributed by atoms with Crippen molar-refractivity contribution >= 4 is 0 Å². The van der Waals surface area contributed by atoms with Gasteiger partial charge in [-0.1, -0.05) is 20.8 Å². The molecule has 0 heterocycles. The van der Waals surface area contributed by atoms with Crippen molar-refractivity contribution in [3.8, 4) is 0 Å². The van der Waals surface area contributed by atoms with Crippen molar-refractivity contribution in [1.82, 2.24) is 5.32 Å². The van der Waals surface area contributed by atoms with E-state index in [9.17, 15) is 0 Å². The Labute approximate surface area is 198 Å². The second-order valence-corrected chi connectivity index (χ2v) is 12.6. The predicted molar refractivity (Wildman–Crippen MR) is 135 cm³/mol. The number of nitrogens with one attached hydrogen (secondary N) is 1. The molecule has 3 nitrogen and oxygen atoms in total. The highest BCUT2D eigenvalue weighted by atomic mass is 16.5. The van der Waals surface area contributed by atoms with Crippen molar-refractivity contribution in [2.45, 2.75) is 104 Å². The maximum Gasteiger partial charge on any atom is 0.0913 e. The van der Waals surface area contributed by atoms with Crippen molar-refractivity contribution in [2.75, 3.05) is 20.2 Å². The lowest BCUT2D eigenvalue weighted by atomic mass is 9.44. The summed E-state index contributed by atoms with van der Waals surface area (Å²) in [5.74, 6) is 6.76. The van der Waals surface area contributed by atoms with E-state index in [4.69, 9.17) is 10.5 Å². The summed E-state index contributed by atoms with van der Waals surface area (Å²) < 4.78 is 5.56. The Hall–Kier alpha value is -0.540. The normalized spacial score (nSPS) is 45.0. The summed E-state index contributed by atoms with van der Waals surface area (Å²) in [4.78, 5) is 0. The smallest absolute Gasteiger partial charge is 0.0913 e. The van der Waals surface area contributed by atoms with E-state index in [-0.39, 0.29) is 0 Å². The fraction of sp³-hybridized carbons (Fsp3) is 0.931. The zero-order valence-electron chi connectivity index (χ0n) is 21.8. The first-order valence-electron chi connectivity index (χ1n) is 14.0. The van der Waals surface area contributed by atoms with E-state index in [2.05, 4.69) is 39.1 Å². The van der Waals surface area contributed by atoms with Gasteiger partial charge in [0.2, 0.25) is 0 Å². The predicted octanol–water partition coefficient (Wildman–Crippen LogP) is 6.53. The van der Waals surface area contributed by atoms with Crippen LogP contribution in [0, 0.1) is 46.3 Å². The van der Waals surface area contributed by atoms with Crippen LogP contribution in [-0.2, 0) is 4.74 Å². The fourth-order valence-corrected chi connectivity index (χ4v) is 9.64. The number of rotatable bonds is 8. The van der Waals surface area contributed by atoms with E-state index in [1.165, 1.54) is 70.0 Å². The minimum atomic E-state index is 0.576. The number of nitrogens with two attached hydrogens (primary N) is 1. The Balaban J connectivity index is 1.42. The molecule has 0 bridgehead atoms. The van der Waals surface area contributed by atoms with Crippen LogP contribution in [0.4, 0.5) is 0 Å². The van der Waals surface area contributed by atoms with Gasteiger partial charge in [-0.2, -0.15) is 0 Å². The Morgan fingerprint density at radius 1 is 1.06 bits per heavy atom. The molecule has 0 aliphatic heterocycles. The van der Waals surface area contributed by atoms with Crippen molar-refractivity contribution in [2.24, 2.45) is 52.1 Å². The molecular weight excluding hydrogens is 392 g/mol. The third-order valence-corrected chi connectivity index (χ3v) is 11.4. The van der Waals surface area contributed by atoms with Gasteiger partial charge in [0, 0.05) is 25.6 Å². The molecule has 4 aliphatic rings. The third-order valence-electron chi connectivity index (χ3n) is 11.4. The standard InChI is InChI=1S/C29H52N2O/c1-6-23(32-5)9-7-20(2)25-11-12-26-24-10-8-21-19-22(31-18-17-30)13-15-28(21,3)27(24)14-16-29(25,26)4/h6,20-22,24-27,31H,7-19,30H2,1-5H3/b23-6+. The Kier molecular flexibility index (Phi) is 7.67. The van der Waals surface area contributed by atoms with E-state index in [0.717, 1.165) is 55.0 Å². The molecule has 3 N–H and O–H groups in total. The highest BCUT2D eigenvalue weighted by Gasteiger charge is 2.60. The van der Waals surface area contributed by atoms with Gasteiger partial charge in [0.05, 0.1) is 12.9 Å². The van der Waals surface area contributed by atoms with Crippen molar-refractivity contribution < 1.29 is 4.74 Å². The molecule has 0 aromatic rings. The minimum Gasteiger partial charge on any atom is -0.501 e. The van der Waals surface area contributed by atoms with Crippen LogP contribution in [0.3, 0.4) is 0 Å². The number of hydrogen-bond donors (Lipinski definition) is 2. The van der Waals surface area contributed by atoms with Crippen LogP contribution < -0.4 is 11.1 Å². The molecule has 9 unspecified atom stereocenters. The first-order valence-corrected chi connectivity index (χ1v) is 14.0. The molecule has 4 saturated carbocycles. The van der Waals surface area contributed by atoms with Crippen LogP contribution in [0.5, 0.6) is 0 Å². The van der Waals surface area contributed by atoms with E-state index in [1.54, 1.807) is 0 Å². The lowest BCUT2D eigenvalue weighted by Gasteiger charge is -2.61. The summed E-state index contributed by atoms with van der Waals surface area (Å²) in [6.07, 6.45) is 17.7. The third kappa shape index (κ3) is 4.30. The maximum absolute atomic E-state index is 5.76. The average molecular weight is 445 g/mol. The highest BCUT2D eigenvalue weighted by Crippen LogP contribution is 2.68. The molecule has 0 radical (unpaired) electrons. The molecule has 0 saturated heterocycles. The second kappa shape index (κ2) is 9.98. The summed E-state index contributed by atoms with van der Waals surface area (Å²) in [7, 11) is 1.83. The van der Waals surface area contributed by atoms with Gasteiger partial charge in [-0.3, -0.25) is 0 Å². The van der Waals surface area contributed by atoms with Gasteiger partial charge in [0.1, 0.15) is 0 Å². The summed E-state index contributed by atoms with van der Waals surface area (Å²) in [6, 6.07) is 0.716. The van der Waals surface area contributed by atoms with Crippen LogP contribution >= 0.6 is 0 Å². The van der Waals surface area contributed by atoms with E-state index in [0.29, 0.717) is 16.9 Å². The van der Waals surface area contributed by atoms with Crippen molar-refractivity contribution in [3.63, 3.8) is 0 Å². The first kappa shape index (κ1) is 24.6. The number of allylic oxidation sites excluding steroid dienone is 2. The van der Waals surface area contributed by atoms with Crippen LogP contribution in [0.25, 0.3) is 0 Å². The molecule has 4 aliphatic carbocycles. The monoisotopic (exact) mass is 444 g/mol. The van der Waals surface area contributed by atoms with E-state index >= 15 is 0 Å². The molecule has 0 aromatic carbocycles. The van der Waals surface area contributed by atoms with Gasteiger partial charge < -0.3 is 15.8 Å². The van der Waals surface area contributed by atoms with Gasteiger partial charge in [-0.05, 0) is 124 Å². The largest absolute Gasteiger partial charge is 0.501 e. The molecule has 3 heteroatoms. The lowest BCUT2D eigenvalue weighted by molar-refractivity contribution is -0.117. The van der Waals surface area contributed by atoms with Crippen LogP contribution in [-0.4, -0.2) is 26.2 Å². The summed E-state index contributed by atoms with van der Waals surface area (Å²) in [6.45, 7) is 11.8. The molecule has 184 valence electrons. The summed E-state index contributed by atoms with van der Waals surface area (Å²) in [5, 5.41) is 3.75. The minimum absolute atomic E-state index is 0.576. The number of fused-ring (bicyclic) bond motifs is 5. The zero-order valence-corrected chi connectivity index (χ0v) is 21.8. The Morgan fingerprint density at radius 3 is 2.53 bits per heavy atom. The van der Waals surface area contributed by atoms with Crippen molar-refractivity contribution in [3.05, 3.63) is 11.8 Å². The van der Waals surface area contributed by atoms with Gasteiger partial charge in [0.25, 0.3) is 0 Å². The molecule has 0 spiro atoms. The van der Waals surface area contributed by atoms with E-state index < -0.39 is 0 Å². The van der Waals surface area contributed by atoms with Crippen LogP contribution in [0.1, 0.15) is 98.3 Å². The second-order valence-electron chi connectivity index (χ2n) is 12.6. The van der Waals surface area contributed by atoms with Crippen LogP contribution in [0.15, 0.2) is 11.8 Å². The molecule has 4 rings (SSSR count). The molecule has 0 amide bonds. The SMILES string of the molecule is C/C=C(\CCC(C)C1CCC2C3CCC4CC(NCCN)CCC4(C)C3CCC12C)OC. The molecular formula is C29H52N2O. The summed E-state index contributed by atoms with van der Waals surface area (Å²) >= 11 is 0. The lowest BCUT2D eigenvalue weighted by Crippen LogP contribution is -2.55. The first-order chi connectivity index (χ1) is 15.4. The topological polar surface area (TPSA) is 47.3 Å². The van der Waals surface area contributed by atoms with Gasteiger partial charge >= 0.3 is 0 Å². The molecule has 4 fully saturated rings. The maximum atomic E-state index is 5.76. The van der Waals surface area contributed by atoms with Gasteiger partial charge in [-0.15, -0.1) is 0 Å². The average Bonchev–Trinajstić information content (AvgIpc) is 3.15. The zero-order chi connectivity index (χ0) is 22.9. The van der Waals surface area contributed by atoms with Gasteiger partial charge in [0.15, 0.2) is 0 Å². The number of methoxy groups -OCH3 is 1. The number of hydrogen-bond acceptors (Lipinski definition) is 3. The van der Waals surface area contributed by atoms with Crippen molar-refractivity contribution in [1.29, 1.82) is 0 Å².